The summed E-state index contributed by atoms with van der Waals surface area (Å²) in [6.45, 7) is 9.31. The molecule has 1 aromatic heterocycles. The van der Waals surface area contributed by atoms with E-state index in [1.807, 2.05) is 28.8 Å². The Hall–Kier alpha value is -2.30. The third-order valence-electron chi connectivity index (χ3n) is 4.97. The highest BCUT2D eigenvalue weighted by Gasteiger charge is 2.50. The Bertz CT molecular complexity index is 762. The van der Waals surface area contributed by atoms with Crippen molar-refractivity contribution in [2.24, 2.45) is 12.5 Å². The summed E-state index contributed by atoms with van der Waals surface area (Å²) in [4.78, 5) is 19.1. The van der Waals surface area contributed by atoms with Gasteiger partial charge in [-0.2, -0.15) is 0 Å². The van der Waals surface area contributed by atoms with Gasteiger partial charge in [0.05, 0.1) is 6.04 Å². The van der Waals surface area contributed by atoms with Crippen molar-refractivity contribution >= 4 is 11.7 Å². The van der Waals surface area contributed by atoms with Gasteiger partial charge in [0.2, 0.25) is 0 Å². The minimum absolute atomic E-state index is 0.00593. The number of aryl methyl sites for hydroxylation is 3. The van der Waals surface area contributed by atoms with Crippen LogP contribution in [0, 0.1) is 12.3 Å². The minimum Gasteiger partial charge on any atom is -0.336 e. The van der Waals surface area contributed by atoms with Crippen LogP contribution in [0.1, 0.15) is 43.8 Å². The number of carbonyl (C=O) groups is 1. The van der Waals surface area contributed by atoms with E-state index < -0.39 is 0 Å². The quantitative estimate of drug-likeness (QED) is 0.930. The molecule has 1 atom stereocenters. The highest BCUT2D eigenvalue weighted by Crippen LogP contribution is 2.47. The molecule has 1 saturated heterocycles. The summed E-state index contributed by atoms with van der Waals surface area (Å²) in [7, 11) is 1.97. The zero-order valence-electron chi connectivity index (χ0n) is 15.1. The molecule has 1 aliphatic heterocycles. The maximum atomic E-state index is 12.8. The van der Waals surface area contributed by atoms with Crippen LogP contribution < -0.4 is 5.32 Å². The molecule has 1 N–H and O–H groups in total. The van der Waals surface area contributed by atoms with E-state index in [1.165, 1.54) is 11.1 Å². The highest BCUT2D eigenvalue weighted by molar-refractivity contribution is 5.90. The third kappa shape index (κ3) is 2.79. The summed E-state index contributed by atoms with van der Waals surface area (Å²) in [6, 6.07) is 6.02. The highest BCUT2D eigenvalue weighted by atomic mass is 16.2. The molecular formula is C19H26N4O. The van der Waals surface area contributed by atoms with Gasteiger partial charge in [0, 0.05) is 37.1 Å². The fraction of sp³-hybridized carbons (Fsp3) is 0.474. The number of hydrogen-bond donors (Lipinski definition) is 1. The fourth-order valence-electron chi connectivity index (χ4n) is 3.57. The van der Waals surface area contributed by atoms with Crippen LogP contribution in [0.4, 0.5) is 10.5 Å². The first-order valence-electron chi connectivity index (χ1n) is 8.48. The van der Waals surface area contributed by atoms with Crippen molar-refractivity contribution in [3.8, 4) is 0 Å². The Balaban J connectivity index is 1.79. The van der Waals surface area contributed by atoms with Gasteiger partial charge in [-0.1, -0.05) is 26.8 Å². The van der Waals surface area contributed by atoms with E-state index in [9.17, 15) is 4.79 Å². The summed E-state index contributed by atoms with van der Waals surface area (Å²) in [5, 5.41) is 3.04. The second kappa shape index (κ2) is 5.96. The number of carbonyl (C=O) groups excluding carboxylic acids is 1. The van der Waals surface area contributed by atoms with Crippen LogP contribution in [0.25, 0.3) is 0 Å². The predicted molar refractivity (Wildman–Crippen MR) is 96.0 cm³/mol. The summed E-state index contributed by atoms with van der Waals surface area (Å²) in [6.07, 6.45) is 4.67. The molecule has 0 spiro atoms. The number of nitrogens with one attached hydrogen (secondary N) is 1. The molecule has 5 nitrogen and oxygen atoms in total. The minimum atomic E-state index is -0.0618. The number of rotatable bonds is 3. The van der Waals surface area contributed by atoms with Gasteiger partial charge in [0.1, 0.15) is 5.82 Å². The molecule has 1 aliphatic rings. The van der Waals surface area contributed by atoms with Crippen LogP contribution in [0.2, 0.25) is 0 Å². The van der Waals surface area contributed by atoms with E-state index in [1.54, 1.807) is 6.20 Å². The zero-order valence-corrected chi connectivity index (χ0v) is 15.1. The topological polar surface area (TPSA) is 50.2 Å². The molecule has 2 aromatic rings. The second-order valence-corrected chi connectivity index (χ2v) is 7.34. The number of anilines is 1. The maximum Gasteiger partial charge on any atom is 0.322 e. The van der Waals surface area contributed by atoms with E-state index in [0.29, 0.717) is 0 Å². The number of likely N-dealkylation sites (tertiary alicyclic amines) is 1. The molecule has 1 fully saturated rings. The lowest BCUT2D eigenvalue weighted by Gasteiger charge is -2.53. The molecule has 0 radical (unpaired) electrons. The summed E-state index contributed by atoms with van der Waals surface area (Å²) < 4.78 is 1.99. The van der Waals surface area contributed by atoms with Crippen molar-refractivity contribution < 1.29 is 4.79 Å². The van der Waals surface area contributed by atoms with Gasteiger partial charge < -0.3 is 14.8 Å². The largest absolute Gasteiger partial charge is 0.336 e. The smallest absolute Gasteiger partial charge is 0.322 e. The third-order valence-corrected chi connectivity index (χ3v) is 4.97. The molecule has 1 aromatic carbocycles. The van der Waals surface area contributed by atoms with Crippen molar-refractivity contribution in [2.45, 2.75) is 40.2 Å². The number of nitrogens with zero attached hydrogens (tertiary/aromatic N) is 3. The van der Waals surface area contributed by atoms with E-state index >= 15 is 0 Å². The lowest BCUT2D eigenvalue weighted by molar-refractivity contribution is -0.0182. The number of benzene rings is 1. The van der Waals surface area contributed by atoms with Crippen molar-refractivity contribution in [3.05, 3.63) is 47.5 Å². The Morgan fingerprint density at radius 1 is 1.42 bits per heavy atom. The lowest BCUT2D eigenvalue weighted by atomic mass is 9.74. The number of imidazole rings is 1. The lowest BCUT2D eigenvalue weighted by Crippen LogP contribution is -2.59. The Morgan fingerprint density at radius 2 is 2.17 bits per heavy atom. The van der Waals surface area contributed by atoms with E-state index in [2.05, 4.69) is 50.1 Å². The van der Waals surface area contributed by atoms with Crippen molar-refractivity contribution in [1.82, 2.24) is 14.5 Å². The molecule has 0 aliphatic carbocycles. The molecule has 2 amide bonds. The number of hydrogen-bond acceptors (Lipinski definition) is 2. The summed E-state index contributed by atoms with van der Waals surface area (Å²) in [5.74, 6) is 0.930. The first-order valence-corrected chi connectivity index (χ1v) is 8.48. The summed E-state index contributed by atoms with van der Waals surface area (Å²) >= 11 is 0. The molecule has 0 saturated carbocycles. The zero-order chi connectivity index (χ0) is 17.5. The van der Waals surface area contributed by atoms with Gasteiger partial charge in [0.25, 0.3) is 0 Å². The van der Waals surface area contributed by atoms with Gasteiger partial charge in [-0.05, 0) is 36.6 Å². The molecule has 2 heterocycles. The van der Waals surface area contributed by atoms with Crippen molar-refractivity contribution in [3.63, 3.8) is 0 Å². The van der Waals surface area contributed by atoms with Crippen LogP contribution in [-0.4, -0.2) is 27.0 Å². The Labute approximate surface area is 143 Å². The monoisotopic (exact) mass is 326 g/mol. The average Bonchev–Trinajstić information content (AvgIpc) is 2.92. The first kappa shape index (κ1) is 16.6. The normalized spacial score (nSPS) is 19.0. The van der Waals surface area contributed by atoms with Gasteiger partial charge in [-0.15, -0.1) is 0 Å². The van der Waals surface area contributed by atoms with Crippen LogP contribution >= 0.6 is 0 Å². The molecular weight excluding hydrogens is 300 g/mol. The maximum absolute atomic E-state index is 12.8. The summed E-state index contributed by atoms with van der Waals surface area (Å²) in [5.41, 5.74) is 3.40. The fourth-order valence-corrected chi connectivity index (χ4v) is 3.57. The molecule has 3 rings (SSSR count). The number of amides is 2. The standard InChI is InChI=1S/C19H26N4O/c1-6-14-11-15(8-7-13(14)2)21-18(24)23-12-19(3,4)16(23)17-20-9-10-22(17)5/h7-11,16H,6,12H2,1-5H3,(H,21,24)/t16-/m1/s1. The Kier molecular flexibility index (Phi) is 4.11. The van der Waals surface area contributed by atoms with Crippen molar-refractivity contribution in [1.29, 1.82) is 0 Å². The SMILES string of the molecule is CCc1cc(NC(=O)N2CC(C)(C)[C@H]2c2nccn2C)ccc1C. The Morgan fingerprint density at radius 3 is 2.75 bits per heavy atom. The second-order valence-electron chi connectivity index (χ2n) is 7.34. The average molecular weight is 326 g/mol. The number of aromatic nitrogens is 2. The number of urea groups is 1. The van der Waals surface area contributed by atoms with Crippen LogP contribution in [0.5, 0.6) is 0 Å². The van der Waals surface area contributed by atoms with Gasteiger partial charge >= 0.3 is 6.03 Å². The van der Waals surface area contributed by atoms with Gasteiger partial charge in [-0.25, -0.2) is 9.78 Å². The van der Waals surface area contributed by atoms with Crippen LogP contribution in [0.15, 0.2) is 30.6 Å². The van der Waals surface area contributed by atoms with E-state index in [0.717, 1.165) is 24.5 Å². The van der Waals surface area contributed by atoms with Crippen LogP contribution in [0.3, 0.4) is 0 Å². The molecule has 0 bridgehead atoms. The molecule has 24 heavy (non-hydrogen) atoms. The van der Waals surface area contributed by atoms with E-state index in [-0.39, 0.29) is 17.5 Å². The predicted octanol–water partition coefficient (Wildman–Crippen LogP) is 3.91. The van der Waals surface area contributed by atoms with Gasteiger partial charge in [-0.3, -0.25) is 0 Å². The first-order chi connectivity index (χ1) is 11.3. The molecule has 5 heteroatoms. The van der Waals surface area contributed by atoms with Crippen LogP contribution in [-0.2, 0) is 13.5 Å². The van der Waals surface area contributed by atoms with Gasteiger partial charge in [0.15, 0.2) is 0 Å². The molecule has 0 unspecified atom stereocenters. The molecule has 128 valence electrons. The van der Waals surface area contributed by atoms with E-state index in [4.69, 9.17) is 0 Å². The van der Waals surface area contributed by atoms with Crippen molar-refractivity contribution in [2.75, 3.05) is 11.9 Å².